The van der Waals surface area contributed by atoms with Gasteiger partial charge in [0.25, 0.3) is 6.33 Å². The normalized spacial score (nSPS) is 11.0. The van der Waals surface area contributed by atoms with Crippen molar-refractivity contribution in [3.05, 3.63) is 18.7 Å². The predicted molar refractivity (Wildman–Crippen MR) is 106 cm³/mol. The summed E-state index contributed by atoms with van der Waals surface area (Å²) in [6.07, 6.45) is 16.4. The topological polar surface area (TPSA) is 102 Å². The van der Waals surface area contributed by atoms with Crippen LogP contribution in [0.1, 0.15) is 78.1 Å². The lowest BCUT2D eigenvalue weighted by molar-refractivity contribution is -0.670. The monoisotopic (exact) mass is 420 g/mol. The van der Waals surface area contributed by atoms with Gasteiger partial charge in [0.1, 0.15) is 12.4 Å². The van der Waals surface area contributed by atoms with E-state index in [0.717, 1.165) is 12.8 Å². The van der Waals surface area contributed by atoms with Gasteiger partial charge in [0.15, 0.2) is 0 Å². The zero-order valence-electron chi connectivity index (χ0n) is 17.5. The molecule has 8 nitrogen and oxygen atoms in total. The Morgan fingerprint density at radius 2 is 1.54 bits per heavy atom. The third-order valence-corrected chi connectivity index (χ3v) is 4.43. The van der Waals surface area contributed by atoms with Crippen molar-refractivity contribution >= 4 is 16.5 Å². The first-order valence-corrected chi connectivity index (χ1v) is 11.4. The predicted octanol–water partition coefficient (Wildman–Crippen LogP) is 3.70. The van der Waals surface area contributed by atoms with E-state index in [0.29, 0.717) is 13.0 Å². The molecule has 0 radical (unpaired) electrons. The fourth-order valence-electron chi connectivity index (χ4n) is 2.51. The summed E-state index contributed by atoms with van der Waals surface area (Å²) < 4.78 is 42.4. The van der Waals surface area contributed by atoms with Crippen LogP contribution in [0.25, 0.3) is 0 Å². The molecule has 0 amide bonds. The molecule has 1 rings (SSSR count). The molecule has 28 heavy (non-hydrogen) atoms. The van der Waals surface area contributed by atoms with Gasteiger partial charge in [-0.25, -0.2) is 13.0 Å². The van der Waals surface area contributed by atoms with Gasteiger partial charge in [-0.15, -0.1) is 4.57 Å². The summed E-state index contributed by atoms with van der Waals surface area (Å²) >= 11 is 0. The maximum atomic E-state index is 11.0. The number of carbonyl (C=O) groups excluding carboxylic acids is 1. The summed E-state index contributed by atoms with van der Waals surface area (Å²) in [5.74, 6) is 0. The molecule has 0 bridgehead atoms. The fraction of sp³-hybridized carbons (Fsp3) is 0.789. The lowest BCUT2D eigenvalue weighted by Gasteiger charge is -2.06. The molecule has 0 aliphatic carbocycles. The minimum atomic E-state index is -4.48. The van der Waals surface area contributed by atoms with Crippen molar-refractivity contribution in [2.75, 3.05) is 13.2 Å². The highest BCUT2D eigenvalue weighted by Gasteiger charge is 2.10. The van der Waals surface area contributed by atoms with Gasteiger partial charge in [0.2, 0.25) is 10.4 Å². The van der Waals surface area contributed by atoms with Crippen LogP contribution in [0.15, 0.2) is 18.7 Å². The van der Waals surface area contributed by atoms with Crippen LogP contribution in [-0.2, 0) is 26.4 Å². The zero-order chi connectivity index (χ0) is 21.3. The molecule has 0 aliphatic rings. The fourth-order valence-corrected chi connectivity index (χ4v) is 2.83. The summed E-state index contributed by atoms with van der Waals surface area (Å²) in [6, 6.07) is 0. The number of imidazole rings is 1. The van der Waals surface area contributed by atoms with E-state index in [9.17, 15) is 17.8 Å². The van der Waals surface area contributed by atoms with Crippen molar-refractivity contribution in [3.63, 3.8) is 0 Å². The standard InChI is InChI=1S/C12H26O4S.C7H11N2O2/c1-2-3-4-5-6-7-8-9-10-11-12-16-17(13,14)15;1-3-11-7(10)9-5-4-8(2)6-9/h2-12H2,1H3,(H,13,14,15);4-6H,3H2,1-2H3/q;+1/p-1. The van der Waals surface area contributed by atoms with E-state index in [4.69, 9.17) is 4.74 Å². The van der Waals surface area contributed by atoms with Crippen molar-refractivity contribution in [2.24, 2.45) is 7.05 Å². The molecule has 0 fully saturated rings. The van der Waals surface area contributed by atoms with Crippen LogP contribution in [0.5, 0.6) is 0 Å². The van der Waals surface area contributed by atoms with Crippen LogP contribution >= 0.6 is 0 Å². The first-order chi connectivity index (χ1) is 13.3. The third kappa shape index (κ3) is 16.7. The van der Waals surface area contributed by atoms with Crippen LogP contribution in [0.3, 0.4) is 0 Å². The number of rotatable bonds is 13. The summed E-state index contributed by atoms with van der Waals surface area (Å²) in [5.41, 5.74) is 0. The zero-order valence-corrected chi connectivity index (χ0v) is 18.3. The number of hydrogen-bond donors (Lipinski definition) is 0. The minimum Gasteiger partial charge on any atom is -0.726 e. The van der Waals surface area contributed by atoms with Gasteiger partial charge in [0.05, 0.1) is 20.3 Å². The maximum absolute atomic E-state index is 11.0. The van der Waals surface area contributed by atoms with Crippen LogP contribution in [0.2, 0.25) is 0 Å². The van der Waals surface area contributed by atoms with Crippen molar-refractivity contribution in [1.29, 1.82) is 0 Å². The van der Waals surface area contributed by atoms with E-state index in [1.165, 1.54) is 49.5 Å². The molecule has 0 aliphatic heterocycles. The number of aryl methyl sites for hydroxylation is 1. The van der Waals surface area contributed by atoms with Crippen LogP contribution in [0, 0.1) is 0 Å². The molecule has 9 heteroatoms. The molecule has 0 N–H and O–H groups in total. The van der Waals surface area contributed by atoms with Gasteiger partial charge in [-0.1, -0.05) is 64.7 Å². The molecular weight excluding hydrogens is 384 g/mol. The highest BCUT2D eigenvalue weighted by Crippen LogP contribution is 2.10. The highest BCUT2D eigenvalue weighted by molar-refractivity contribution is 7.80. The smallest absolute Gasteiger partial charge is 0.511 e. The van der Waals surface area contributed by atoms with E-state index in [1.54, 1.807) is 30.2 Å². The molecule has 1 aromatic heterocycles. The largest absolute Gasteiger partial charge is 0.726 e. The van der Waals surface area contributed by atoms with Crippen molar-refractivity contribution < 1.29 is 31.3 Å². The second-order valence-corrected chi connectivity index (χ2v) is 7.65. The SMILES string of the molecule is CCCCCCCCCCCCOS(=O)(=O)[O-].CCOC(=O)n1cc[n+](C)c1. The summed E-state index contributed by atoms with van der Waals surface area (Å²) in [5, 5.41) is 0. The van der Waals surface area contributed by atoms with E-state index in [1.807, 2.05) is 7.05 Å². The van der Waals surface area contributed by atoms with Gasteiger partial charge in [-0.05, 0) is 13.3 Å². The number of hydrogen-bond acceptors (Lipinski definition) is 6. The number of nitrogens with zero attached hydrogens (tertiary/aromatic N) is 2. The average molecular weight is 421 g/mol. The number of carbonyl (C=O) groups is 1. The van der Waals surface area contributed by atoms with Crippen LogP contribution in [-0.4, -0.2) is 36.8 Å². The van der Waals surface area contributed by atoms with E-state index in [-0.39, 0.29) is 12.7 Å². The van der Waals surface area contributed by atoms with Crippen LogP contribution < -0.4 is 4.57 Å². The summed E-state index contributed by atoms with van der Waals surface area (Å²) in [6.45, 7) is 4.43. The molecule has 0 spiro atoms. The second kappa shape index (κ2) is 16.5. The van der Waals surface area contributed by atoms with Gasteiger partial charge in [0, 0.05) is 0 Å². The molecule has 1 heterocycles. The molecule has 1 aromatic rings. The number of unbranched alkanes of at least 4 members (excludes halogenated alkanes) is 9. The Bertz CT molecular complexity index is 616. The van der Waals surface area contributed by atoms with E-state index >= 15 is 0 Å². The quantitative estimate of drug-likeness (QED) is 0.209. The third-order valence-electron chi connectivity index (χ3n) is 3.97. The van der Waals surface area contributed by atoms with Crippen molar-refractivity contribution in [2.45, 2.75) is 78.1 Å². The molecule has 0 atom stereocenters. The Morgan fingerprint density at radius 1 is 1.00 bits per heavy atom. The average Bonchev–Trinajstić information content (AvgIpc) is 3.06. The highest BCUT2D eigenvalue weighted by atomic mass is 32.3. The molecular formula is C19H36N2O6S. The molecule has 0 saturated heterocycles. The molecule has 0 unspecified atom stereocenters. The molecule has 164 valence electrons. The molecule has 0 saturated carbocycles. The van der Waals surface area contributed by atoms with Crippen LogP contribution in [0.4, 0.5) is 4.79 Å². The lowest BCUT2D eigenvalue weighted by Crippen LogP contribution is -2.25. The summed E-state index contributed by atoms with van der Waals surface area (Å²) in [4.78, 5) is 11.0. The Kier molecular flexibility index (Phi) is 15.6. The van der Waals surface area contributed by atoms with Gasteiger partial charge in [-0.2, -0.15) is 4.79 Å². The van der Waals surface area contributed by atoms with Gasteiger partial charge < -0.3 is 9.29 Å². The van der Waals surface area contributed by atoms with Crippen molar-refractivity contribution in [3.8, 4) is 0 Å². The Labute approximate surface area is 169 Å². The first-order valence-electron chi connectivity index (χ1n) is 10.1. The van der Waals surface area contributed by atoms with E-state index < -0.39 is 10.4 Å². The first kappa shape index (κ1) is 26.6. The Balaban J connectivity index is 0.000000567. The number of ether oxygens (including phenoxy) is 1. The van der Waals surface area contributed by atoms with Crippen molar-refractivity contribution in [1.82, 2.24) is 4.57 Å². The Morgan fingerprint density at radius 3 is 1.96 bits per heavy atom. The van der Waals surface area contributed by atoms with Gasteiger partial charge >= 0.3 is 6.09 Å². The van der Waals surface area contributed by atoms with Gasteiger partial charge in [-0.3, -0.25) is 4.18 Å². The summed E-state index contributed by atoms with van der Waals surface area (Å²) in [7, 11) is -2.64. The Hall–Kier alpha value is -1.45. The second-order valence-electron chi connectivity index (χ2n) is 6.60. The maximum Gasteiger partial charge on any atom is 0.511 e. The number of aromatic nitrogens is 2. The lowest BCUT2D eigenvalue weighted by atomic mass is 10.1. The van der Waals surface area contributed by atoms with E-state index in [2.05, 4.69) is 11.1 Å². The minimum absolute atomic E-state index is 0.0301. The molecule has 0 aromatic carbocycles.